The lowest BCUT2D eigenvalue weighted by Gasteiger charge is -2.32. The Morgan fingerprint density at radius 1 is 1.11 bits per heavy atom. The lowest BCUT2D eigenvalue weighted by molar-refractivity contribution is -0.141. The van der Waals surface area contributed by atoms with Gasteiger partial charge in [-0.05, 0) is 18.9 Å². The fourth-order valence-electron chi connectivity index (χ4n) is 3.36. The molecule has 1 fully saturated rings. The molecule has 0 atom stereocenters. The number of aromatic nitrogens is 4. The van der Waals surface area contributed by atoms with Crippen LogP contribution >= 0.6 is 0 Å². The monoisotopic (exact) mass is 375 g/mol. The Balaban J connectivity index is 1.47. The van der Waals surface area contributed by atoms with Crippen LogP contribution in [0, 0.1) is 0 Å². The summed E-state index contributed by atoms with van der Waals surface area (Å²) in [5, 5.41) is 13.1. The highest BCUT2D eigenvalue weighted by Gasteiger charge is 2.35. The van der Waals surface area contributed by atoms with Crippen LogP contribution in [0.15, 0.2) is 42.7 Å². The number of nitrogens with zero attached hydrogens (tertiary/aromatic N) is 5. The van der Waals surface area contributed by atoms with Crippen LogP contribution in [0.25, 0.3) is 10.8 Å². The van der Waals surface area contributed by atoms with Gasteiger partial charge in [0.2, 0.25) is 0 Å². The molecule has 1 aliphatic heterocycles. The van der Waals surface area contributed by atoms with Crippen LogP contribution in [0.4, 0.5) is 13.2 Å². The predicted octanol–water partition coefficient (Wildman–Crippen LogP) is 3.32. The summed E-state index contributed by atoms with van der Waals surface area (Å²) >= 11 is 0. The van der Waals surface area contributed by atoms with Crippen LogP contribution in [0.2, 0.25) is 0 Å². The molecular weight excluding hydrogens is 359 g/mol. The average Bonchev–Trinajstić information content (AvgIpc) is 3.18. The van der Waals surface area contributed by atoms with Crippen molar-refractivity contribution in [2.75, 3.05) is 13.1 Å². The van der Waals surface area contributed by atoms with Crippen LogP contribution in [0.5, 0.6) is 0 Å². The summed E-state index contributed by atoms with van der Waals surface area (Å²) in [6, 6.07) is 8.20. The zero-order chi connectivity index (χ0) is 19.0. The summed E-state index contributed by atoms with van der Waals surface area (Å²) in [4.78, 5) is 14.5. The number of benzene rings is 1. The third kappa shape index (κ3) is 3.36. The molecule has 6 nitrogen and oxygen atoms in total. The van der Waals surface area contributed by atoms with Crippen LogP contribution in [0.1, 0.15) is 35.1 Å². The molecule has 1 aliphatic rings. The second-order valence-electron chi connectivity index (χ2n) is 6.48. The lowest BCUT2D eigenvalue weighted by Crippen LogP contribution is -2.39. The maximum absolute atomic E-state index is 12.8. The van der Waals surface area contributed by atoms with Crippen molar-refractivity contribution in [3.63, 3.8) is 0 Å². The van der Waals surface area contributed by atoms with Gasteiger partial charge >= 0.3 is 6.18 Å². The molecule has 1 saturated heterocycles. The number of rotatable bonds is 2. The molecule has 4 rings (SSSR count). The van der Waals surface area contributed by atoms with Gasteiger partial charge in [-0.3, -0.25) is 9.48 Å². The first kappa shape index (κ1) is 17.4. The highest BCUT2D eigenvalue weighted by molar-refractivity contribution is 6.04. The molecule has 0 bridgehead atoms. The van der Waals surface area contributed by atoms with Crippen LogP contribution < -0.4 is 0 Å². The van der Waals surface area contributed by atoms with Crippen LogP contribution in [-0.4, -0.2) is 43.9 Å². The van der Waals surface area contributed by atoms with Crippen molar-refractivity contribution in [2.24, 2.45) is 0 Å². The van der Waals surface area contributed by atoms with Gasteiger partial charge < -0.3 is 4.90 Å². The number of carbonyl (C=O) groups is 1. The largest absolute Gasteiger partial charge is 0.435 e. The van der Waals surface area contributed by atoms with E-state index in [9.17, 15) is 18.0 Å². The molecular formula is C18H16F3N5O. The summed E-state index contributed by atoms with van der Waals surface area (Å²) in [6.45, 7) is 0.852. The van der Waals surface area contributed by atoms with Gasteiger partial charge in [-0.15, -0.1) is 5.10 Å². The fourth-order valence-corrected chi connectivity index (χ4v) is 3.36. The van der Waals surface area contributed by atoms with Crippen molar-refractivity contribution < 1.29 is 18.0 Å². The van der Waals surface area contributed by atoms with E-state index in [-0.39, 0.29) is 11.9 Å². The van der Waals surface area contributed by atoms with Gasteiger partial charge in [0.15, 0.2) is 11.4 Å². The Morgan fingerprint density at radius 2 is 1.85 bits per heavy atom. The number of alkyl halides is 3. The van der Waals surface area contributed by atoms with E-state index in [2.05, 4.69) is 15.3 Å². The van der Waals surface area contributed by atoms with Crippen molar-refractivity contribution in [3.8, 4) is 0 Å². The van der Waals surface area contributed by atoms with Crippen molar-refractivity contribution in [2.45, 2.75) is 25.1 Å². The Bertz CT molecular complexity index is 971. The molecule has 3 heterocycles. The van der Waals surface area contributed by atoms with Crippen molar-refractivity contribution in [1.82, 2.24) is 24.9 Å². The quantitative estimate of drug-likeness (QED) is 0.689. The molecule has 1 aromatic carbocycles. The molecule has 0 spiro atoms. The van der Waals surface area contributed by atoms with Crippen molar-refractivity contribution in [3.05, 3.63) is 54.1 Å². The van der Waals surface area contributed by atoms with Gasteiger partial charge in [0.05, 0.1) is 12.2 Å². The standard InChI is InChI=1S/C18H16F3N5O/c19-18(20,21)15-7-10-26(24-15)13-5-8-25(9-6-13)17(27)16-14-4-2-1-3-12(14)11-22-23-16/h1-4,7,10-11,13H,5-6,8-9H2. The van der Waals surface area contributed by atoms with Gasteiger partial charge in [0.1, 0.15) is 0 Å². The van der Waals surface area contributed by atoms with Gasteiger partial charge in [-0.1, -0.05) is 24.3 Å². The molecule has 27 heavy (non-hydrogen) atoms. The number of halogens is 3. The first-order valence-electron chi connectivity index (χ1n) is 8.55. The van der Waals surface area contributed by atoms with Gasteiger partial charge in [0.25, 0.3) is 5.91 Å². The number of fused-ring (bicyclic) bond motifs is 1. The summed E-state index contributed by atoms with van der Waals surface area (Å²) in [5.74, 6) is -0.214. The van der Waals surface area contributed by atoms with E-state index in [0.29, 0.717) is 31.6 Å². The van der Waals surface area contributed by atoms with E-state index < -0.39 is 11.9 Å². The minimum Gasteiger partial charge on any atom is -0.337 e. The molecule has 140 valence electrons. The van der Waals surface area contributed by atoms with Crippen LogP contribution in [0.3, 0.4) is 0 Å². The Hall–Kier alpha value is -2.97. The minimum atomic E-state index is -4.45. The Labute approximate surface area is 152 Å². The highest BCUT2D eigenvalue weighted by atomic mass is 19.4. The molecule has 0 aliphatic carbocycles. The zero-order valence-electron chi connectivity index (χ0n) is 14.2. The lowest BCUT2D eigenvalue weighted by atomic mass is 10.0. The average molecular weight is 375 g/mol. The van der Waals surface area contributed by atoms with Crippen molar-refractivity contribution in [1.29, 1.82) is 0 Å². The van der Waals surface area contributed by atoms with Gasteiger partial charge in [-0.25, -0.2) is 0 Å². The summed E-state index contributed by atoms with van der Waals surface area (Å²) < 4.78 is 39.5. The van der Waals surface area contributed by atoms with Crippen molar-refractivity contribution >= 4 is 16.7 Å². The molecule has 9 heteroatoms. The second kappa shape index (κ2) is 6.64. The topological polar surface area (TPSA) is 63.9 Å². The van der Waals surface area contributed by atoms with E-state index in [1.807, 2.05) is 24.3 Å². The highest BCUT2D eigenvalue weighted by Crippen LogP contribution is 2.30. The second-order valence-corrected chi connectivity index (χ2v) is 6.48. The third-order valence-corrected chi connectivity index (χ3v) is 4.80. The molecule has 1 amide bonds. The number of carbonyl (C=O) groups excluding carboxylic acids is 1. The van der Waals surface area contributed by atoms with Gasteiger partial charge in [-0.2, -0.15) is 23.4 Å². The Morgan fingerprint density at radius 3 is 2.56 bits per heavy atom. The number of likely N-dealkylation sites (tertiary alicyclic amines) is 1. The fraction of sp³-hybridized carbons (Fsp3) is 0.333. The normalized spacial score (nSPS) is 16.0. The first-order valence-corrected chi connectivity index (χ1v) is 8.55. The molecule has 3 aromatic rings. The summed E-state index contributed by atoms with van der Waals surface area (Å²) in [7, 11) is 0. The van der Waals surface area contributed by atoms with Gasteiger partial charge in [0, 0.05) is 30.1 Å². The van der Waals surface area contributed by atoms with E-state index in [4.69, 9.17) is 0 Å². The molecule has 0 radical (unpaired) electrons. The SMILES string of the molecule is O=C(c1nncc2ccccc12)N1CCC(n2ccc(C(F)(F)F)n2)CC1. The number of amides is 1. The molecule has 2 aromatic heterocycles. The summed E-state index contributed by atoms with van der Waals surface area (Å²) in [5.41, 5.74) is -0.600. The maximum Gasteiger partial charge on any atom is 0.435 e. The molecule has 0 unspecified atom stereocenters. The first-order chi connectivity index (χ1) is 12.9. The predicted molar refractivity (Wildman–Crippen MR) is 90.9 cm³/mol. The van der Waals surface area contributed by atoms with E-state index in [0.717, 1.165) is 16.8 Å². The molecule has 0 N–H and O–H groups in total. The van der Waals surface area contributed by atoms with Crippen LogP contribution in [-0.2, 0) is 6.18 Å². The zero-order valence-corrected chi connectivity index (χ0v) is 14.2. The minimum absolute atomic E-state index is 0.163. The maximum atomic E-state index is 12.8. The number of hydrogen-bond donors (Lipinski definition) is 0. The smallest absolute Gasteiger partial charge is 0.337 e. The number of hydrogen-bond acceptors (Lipinski definition) is 4. The molecule has 0 saturated carbocycles. The summed E-state index contributed by atoms with van der Waals surface area (Å²) in [6.07, 6.45) is -0.434. The van der Waals surface area contributed by atoms with E-state index in [1.165, 1.54) is 10.9 Å². The number of piperidine rings is 1. The Kier molecular flexibility index (Phi) is 4.29. The third-order valence-electron chi connectivity index (χ3n) is 4.80. The van der Waals surface area contributed by atoms with E-state index >= 15 is 0 Å². The van der Waals surface area contributed by atoms with E-state index in [1.54, 1.807) is 11.1 Å².